The number of hydrogen-bond donors (Lipinski definition) is 1. The number of carbonyl (C=O) groups is 2. The van der Waals surface area contributed by atoms with Crippen molar-refractivity contribution in [3.8, 4) is 0 Å². The molecule has 0 aliphatic carbocycles. The number of aromatic nitrogens is 1. The molecule has 0 spiro atoms. The SMILES string of the molecule is CCC1(C)C(=O)NC(C)C(=O)N1Cc1nccs1. The van der Waals surface area contributed by atoms with Crippen LogP contribution in [0.2, 0.25) is 0 Å². The van der Waals surface area contributed by atoms with Crippen LogP contribution in [0.4, 0.5) is 0 Å². The summed E-state index contributed by atoms with van der Waals surface area (Å²) in [6.07, 6.45) is 2.30. The Kier molecular flexibility index (Phi) is 3.38. The zero-order chi connectivity index (χ0) is 13.3. The van der Waals surface area contributed by atoms with Crippen LogP contribution in [0.25, 0.3) is 0 Å². The van der Waals surface area contributed by atoms with Gasteiger partial charge in [-0.15, -0.1) is 11.3 Å². The Hall–Kier alpha value is -1.43. The molecule has 2 rings (SSSR count). The van der Waals surface area contributed by atoms with Crippen molar-refractivity contribution in [3.63, 3.8) is 0 Å². The van der Waals surface area contributed by atoms with Gasteiger partial charge in [0.25, 0.3) is 0 Å². The molecular formula is C12H17N3O2S. The van der Waals surface area contributed by atoms with E-state index in [9.17, 15) is 9.59 Å². The maximum atomic E-state index is 12.3. The molecule has 1 aromatic heterocycles. The molecule has 1 N–H and O–H groups in total. The molecule has 2 heterocycles. The molecule has 2 amide bonds. The van der Waals surface area contributed by atoms with Gasteiger partial charge in [-0.05, 0) is 20.3 Å². The number of piperazine rings is 1. The minimum Gasteiger partial charge on any atom is -0.343 e. The number of amides is 2. The third-order valence-corrected chi connectivity index (χ3v) is 4.30. The molecule has 0 aromatic carbocycles. The van der Waals surface area contributed by atoms with E-state index in [1.165, 1.54) is 11.3 Å². The van der Waals surface area contributed by atoms with Gasteiger partial charge in [-0.25, -0.2) is 4.98 Å². The highest BCUT2D eigenvalue weighted by atomic mass is 32.1. The maximum Gasteiger partial charge on any atom is 0.246 e. The van der Waals surface area contributed by atoms with Crippen LogP contribution in [0.5, 0.6) is 0 Å². The van der Waals surface area contributed by atoms with E-state index in [2.05, 4.69) is 10.3 Å². The first-order chi connectivity index (χ1) is 8.49. The van der Waals surface area contributed by atoms with Crippen molar-refractivity contribution in [3.05, 3.63) is 16.6 Å². The van der Waals surface area contributed by atoms with Crippen molar-refractivity contribution in [1.82, 2.24) is 15.2 Å². The molecule has 2 atom stereocenters. The van der Waals surface area contributed by atoms with E-state index in [-0.39, 0.29) is 11.8 Å². The van der Waals surface area contributed by atoms with Gasteiger partial charge in [0.2, 0.25) is 11.8 Å². The summed E-state index contributed by atoms with van der Waals surface area (Å²) >= 11 is 1.50. The molecule has 1 fully saturated rings. The minimum absolute atomic E-state index is 0.0471. The van der Waals surface area contributed by atoms with Crippen LogP contribution < -0.4 is 5.32 Å². The first-order valence-electron chi connectivity index (χ1n) is 6.00. The van der Waals surface area contributed by atoms with Gasteiger partial charge in [0.1, 0.15) is 16.6 Å². The highest BCUT2D eigenvalue weighted by Gasteiger charge is 2.47. The highest BCUT2D eigenvalue weighted by Crippen LogP contribution is 2.27. The van der Waals surface area contributed by atoms with Crippen LogP contribution in [-0.4, -0.2) is 33.3 Å². The van der Waals surface area contributed by atoms with Crippen molar-refractivity contribution in [2.24, 2.45) is 0 Å². The number of carbonyl (C=O) groups excluding carboxylic acids is 2. The zero-order valence-corrected chi connectivity index (χ0v) is 11.6. The van der Waals surface area contributed by atoms with Crippen molar-refractivity contribution in [2.75, 3.05) is 0 Å². The predicted octanol–water partition coefficient (Wildman–Crippen LogP) is 1.16. The third-order valence-electron chi connectivity index (χ3n) is 3.53. The first-order valence-corrected chi connectivity index (χ1v) is 6.88. The first kappa shape index (κ1) is 13.0. The van der Waals surface area contributed by atoms with Gasteiger partial charge in [0, 0.05) is 11.6 Å². The molecule has 0 bridgehead atoms. The Balaban J connectivity index is 2.31. The molecule has 6 heteroatoms. The van der Waals surface area contributed by atoms with Crippen molar-refractivity contribution in [1.29, 1.82) is 0 Å². The molecule has 1 aliphatic heterocycles. The summed E-state index contributed by atoms with van der Waals surface area (Å²) < 4.78 is 0. The van der Waals surface area contributed by atoms with Gasteiger partial charge in [0.05, 0.1) is 6.54 Å². The number of nitrogens with zero attached hydrogens (tertiary/aromatic N) is 2. The summed E-state index contributed by atoms with van der Waals surface area (Å²) in [7, 11) is 0. The Labute approximate surface area is 110 Å². The number of thiazole rings is 1. The Morgan fingerprint density at radius 3 is 2.83 bits per heavy atom. The van der Waals surface area contributed by atoms with Crippen molar-refractivity contribution >= 4 is 23.2 Å². The summed E-state index contributed by atoms with van der Waals surface area (Å²) in [5, 5.41) is 5.46. The largest absolute Gasteiger partial charge is 0.343 e. The van der Waals surface area contributed by atoms with Crippen molar-refractivity contribution in [2.45, 2.75) is 45.3 Å². The van der Waals surface area contributed by atoms with E-state index in [1.807, 2.05) is 12.3 Å². The fourth-order valence-electron chi connectivity index (χ4n) is 2.08. The molecule has 18 heavy (non-hydrogen) atoms. The minimum atomic E-state index is -0.782. The number of nitrogens with one attached hydrogen (secondary N) is 1. The van der Waals surface area contributed by atoms with Gasteiger partial charge in [-0.1, -0.05) is 6.92 Å². The second-order valence-electron chi connectivity index (χ2n) is 4.67. The standard InChI is InChI=1S/C12H17N3O2S/c1-4-12(3)11(17)14-8(2)10(16)15(12)7-9-13-5-6-18-9/h5-6,8H,4,7H2,1-3H3,(H,14,17). The summed E-state index contributed by atoms with van der Waals surface area (Å²) in [6.45, 7) is 5.83. The number of rotatable bonds is 3. The molecule has 98 valence electrons. The lowest BCUT2D eigenvalue weighted by Gasteiger charge is -2.44. The molecule has 2 unspecified atom stereocenters. The smallest absolute Gasteiger partial charge is 0.246 e. The van der Waals surface area contributed by atoms with E-state index >= 15 is 0 Å². The molecule has 1 aliphatic rings. The van der Waals surface area contributed by atoms with Crippen LogP contribution >= 0.6 is 11.3 Å². The highest BCUT2D eigenvalue weighted by molar-refractivity contribution is 7.09. The molecule has 0 radical (unpaired) electrons. The van der Waals surface area contributed by atoms with Gasteiger partial charge in [0.15, 0.2) is 0 Å². The van der Waals surface area contributed by atoms with E-state index in [1.54, 1.807) is 24.9 Å². The molecule has 0 saturated carbocycles. The van der Waals surface area contributed by atoms with Crippen LogP contribution in [0.15, 0.2) is 11.6 Å². The van der Waals surface area contributed by atoms with Crippen LogP contribution in [0.1, 0.15) is 32.2 Å². The molecule has 1 saturated heterocycles. The van der Waals surface area contributed by atoms with E-state index in [0.717, 1.165) is 5.01 Å². The van der Waals surface area contributed by atoms with Crippen LogP contribution in [0.3, 0.4) is 0 Å². The second kappa shape index (κ2) is 4.68. The van der Waals surface area contributed by atoms with E-state index in [0.29, 0.717) is 13.0 Å². The van der Waals surface area contributed by atoms with E-state index in [4.69, 9.17) is 0 Å². The maximum absolute atomic E-state index is 12.3. The molecule has 5 nitrogen and oxygen atoms in total. The van der Waals surface area contributed by atoms with Gasteiger partial charge in [-0.2, -0.15) is 0 Å². The average Bonchev–Trinajstić information content (AvgIpc) is 2.85. The lowest BCUT2D eigenvalue weighted by atomic mass is 9.91. The number of hydrogen-bond acceptors (Lipinski definition) is 4. The predicted molar refractivity (Wildman–Crippen MR) is 69.0 cm³/mol. The van der Waals surface area contributed by atoms with Gasteiger partial charge < -0.3 is 10.2 Å². The summed E-state index contributed by atoms with van der Waals surface area (Å²) in [5.41, 5.74) is -0.782. The lowest BCUT2D eigenvalue weighted by molar-refractivity contribution is -0.157. The zero-order valence-electron chi connectivity index (χ0n) is 10.8. The monoisotopic (exact) mass is 267 g/mol. The summed E-state index contributed by atoms with van der Waals surface area (Å²) in [5.74, 6) is -0.136. The summed E-state index contributed by atoms with van der Waals surface area (Å²) in [4.78, 5) is 30.2. The molecular weight excluding hydrogens is 250 g/mol. The van der Waals surface area contributed by atoms with Gasteiger partial charge in [-0.3, -0.25) is 9.59 Å². The third kappa shape index (κ3) is 2.01. The normalized spacial score (nSPS) is 28.4. The molecule has 1 aromatic rings. The van der Waals surface area contributed by atoms with Crippen LogP contribution in [-0.2, 0) is 16.1 Å². The Bertz CT molecular complexity index is 460. The van der Waals surface area contributed by atoms with Gasteiger partial charge >= 0.3 is 0 Å². The van der Waals surface area contributed by atoms with E-state index < -0.39 is 11.6 Å². The second-order valence-corrected chi connectivity index (χ2v) is 5.65. The Morgan fingerprint density at radius 2 is 2.28 bits per heavy atom. The quantitative estimate of drug-likeness (QED) is 0.894. The fraction of sp³-hybridized carbons (Fsp3) is 0.583. The van der Waals surface area contributed by atoms with Crippen LogP contribution in [0, 0.1) is 0 Å². The van der Waals surface area contributed by atoms with Crippen molar-refractivity contribution < 1.29 is 9.59 Å². The average molecular weight is 267 g/mol. The topological polar surface area (TPSA) is 62.3 Å². The fourth-order valence-corrected chi connectivity index (χ4v) is 2.69. The Morgan fingerprint density at radius 1 is 1.56 bits per heavy atom. The summed E-state index contributed by atoms with van der Waals surface area (Å²) in [6, 6.07) is -0.461. The lowest BCUT2D eigenvalue weighted by Crippen LogP contribution is -2.68.